The Kier molecular flexibility index (Phi) is 10.6. The van der Waals surface area contributed by atoms with Crippen molar-refractivity contribution < 1.29 is 13.2 Å². The molecule has 0 aliphatic rings. The number of halogens is 3. The standard InChI is InChI=1S/C23H27Cl2N3O3S2.ClH/c1-4-27(5-2)13-14-28(23-26-21-16(3)6-11-19(25)22(21)32-23)20(29)12-15-33(30,31)18-9-7-17(24)8-10-18;/h6-11H,4-5,12-15H2,1-3H3;1H. The van der Waals surface area contributed by atoms with Gasteiger partial charge in [0, 0.05) is 24.5 Å². The average Bonchev–Trinajstić information content (AvgIpc) is 3.24. The number of hydrogen-bond acceptors (Lipinski definition) is 6. The molecular weight excluding hydrogens is 537 g/mol. The summed E-state index contributed by atoms with van der Waals surface area (Å²) in [6.07, 6.45) is -0.147. The number of carbonyl (C=O) groups is 1. The molecule has 6 nitrogen and oxygen atoms in total. The number of amides is 1. The highest BCUT2D eigenvalue weighted by Crippen LogP contribution is 2.36. The van der Waals surface area contributed by atoms with Gasteiger partial charge in [0.05, 0.1) is 25.9 Å². The van der Waals surface area contributed by atoms with Crippen molar-refractivity contribution in [2.45, 2.75) is 32.1 Å². The number of carbonyl (C=O) groups excluding carboxylic acids is 1. The number of hydrogen-bond donors (Lipinski definition) is 0. The van der Waals surface area contributed by atoms with Crippen LogP contribution >= 0.6 is 46.9 Å². The van der Waals surface area contributed by atoms with Crippen molar-refractivity contribution in [1.82, 2.24) is 9.88 Å². The molecule has 0 fully saturated rings. The van der Waals surface area contributed by atoms with Crippen LogP contribution in [0.3, 0.4) is 0 Å². The molecule has 0 atom stereocenters. The maximum Gasteiger partial charge on any atom is 0.229 e. The molecule has 0 aliphatic carbocycles. The Morgan fingerprint density at radius 2 is 1.68 bits per heavy atom. The number of sulfone groups is 1. The molecule has 0 aliphatic heterocycles. The molecule has 1 amide bonds. The summed E-state index contributed by atoms with van der Waals surface area (Å²) in [5, 5.41) is 1.57. The molecule has 0 spiro atoms. The lowest BCUT2D eigenvalue weighted by Gasteiger charge is -2.24. The molecule has 0 saturated carbocycles. The molecular formula is C23H28Cl3N3O3S2. The van der Waals surface area contributed by atoms with E-state index in [0.717, 1.165) is 28.9 Å². The van der Waals surface area contributed by atoms with Crippen molar-refractivity contribution in [2.24, 2.45) is 0 Å². The average molecular weight is 565 g/mol. The number of aryl methyl sites for hydroxylation is 1. The summed E-state index contributed by atoms with van der Waals surface area (Å²) in [5.74, 6) is -0.576. The number of benzene rings is 2. The summed E-state index contributed by atoms with van der Waals surface area (Å²) in [6, 6.07) is 9.69. The van der Waals surface area contributed by atoms with Crippen molar-refractivity contribution in [1.29, 1.82) is 0 Å². The van der Waals surface area contributed by atoms with Gasteiger partial charge in [-0.05, 0) is 55.9 Å². The highest BCUT2D eigenvalue weighted by Gasteiger charge is 2.24. The first-order valence-corrected chi connectivity index (χ1v) is 14.0. The number of rotatable bonds is 10. The summed E-state index contributed by atoms with van der Waals surface area (Å²) in [7, 11) is -3.62. The van der Waals surface area contributed by atoms with Gasteiger partial charge >= 0.3 is 0 Å². The van der Waals surface area contributed by atoms with Crippen molar-refractivity contribution in [3.8, 4) is 0 Å². The van der Waals surface area contributed by atoms with E-state index in [0.29, 0.717) is 28.3 Å². The second kappa shape index (κ2) is 12.5. The van der Waals surface area contributed by atoms with Crippen molar-refractivity contribution in [2.75, 3.05) is 36.8 Å². The van der Waals surface area contributed by atoms with Gasteiger partial charge < -0.3 is 4.90 Å². The lowest BCUT2D eigenvalue weighted by atomic mass is 10.2. The fourth-order valence-corrected chi connectivity index (χ4v) is 6.15. The van der Waals surface area contributed by atoms with E-state index in [1.54, 1.807) is 4.90 Å². The first-order chi connectivity index (χ1) is 15.7. The first kappa shape index (κ1) is 28.8. The predicted molar refractivity (Wildman–Crippen MR) is 145 cm³/mol. The molecule has 0 N–H and O–H groups in total. The summed E-state index contributed by atoms with van der Waals surface area (Å²) >= 11 is 13.6. The van der Waals surface area contributed by atoms with E-state index in [2.05, 4.69) is 18.7 Å². The Balaban J connectivity index is 0.00000408. The number of thiazole rings is 1. The topological polar surface area (TPSA) is 70.6 Å². The molecule has 1 heterocycles. The Bertz CT molecular complexity index is 1190. The number of fused-ring (bicyclic) bond motifs is 1. The first-order valence-electron chi connectivity index (χ1n) is 10.7. The lowest BCUT2D eigenvalue weighted by molar-refractivity contribution is -0.118. The third-order valence-corrected chi connectivity index (χ3v) is 9.03. The van der Waals surface area contributed by atoms with E-state index in [9.17, 15) is 13.2 Å². The SMILES string of the molecule is CCN(CC)CCN(C(=O)CCS(=O)(=O)c1ccc(Cl)cc1)c1nc2c(C)ccc(Cl)c2s1.Cl. The molecule has 3 rings (SSSR count). The number of aromatic nitrogens is 1. The fourth-order valence-electron chi connectivity index (χ4n) is 3.43. The zero-order valence-corrected chi connectivity index (χ0v) is 23.2. The van der Waals surface area contributed by atoms with E-state index in [4.69, 9.17) is 28.2 Å². The van der Waals surface area contributed by atoms with E-state index in [1.807, 2.05) is 19.1 Å². The smallest absolute Gasteiger partial charge is 0.229 e. The van der Waals surface area contributed by atoms with Crippen LogP contribution in [0, 0.1) is 6.92 Å². The van der Waals surface area contributed by atoms with Gasteiger partial charge in [-0.1, -0.05) is 54.5 Å². The second-order valence-electron chi connectivity index (χ2n) is 7.63. The quantitative estimate of drug-likeness (QED) is 0.308. The molecule has 34 heavy (non-hydrogen) atoms. The van der Waals surface area contributed by atoms with Crippen molar-refractivity contribution >= 4 is 78.0 Å². The number of likely N-dealkylation sites (N-methyl/N-ethyl adjacent to an activating group) is 1. The maximum absolute atomic E-state index is 13.3. The van der Waals surface area contributed by atoms with Crippen LogP contribution in [-0.2, 0) is 14.6 Å². The Morgan fingerprint density at radius 3 is 2.26 bits per heavy atom. The number of anilines is 1. The third-order valence-electron chi connectivity index (χ3n) is 5.51. The second-order valence-corrected chi connectivity index (χ2v) is 11.6. The van der Waals surface area contributed by atoms with Gasteiger partial charge in [0.15, 0.2) is 15.0 Å². The molecule has 186 valence electrons. The molecule has 0 saturated heterocycles. The zero-order valence-electron chi connectivity index (χ0n) is 19.3. The van der Waals surface area contributed by atoms with E-state index in [-0.39, 0.29) is 35.4 Å². The van der Waals surface area contributed by atoms with Gasteiger partial charge in [0.1, 0.15) is 0 Å². The van der Waals surface area contributed by atoms with Crippen LogP contribution in [0.5, 0.6) is 0 Å². The molecule has 11 heteroatoms. The highest BCUT2D eigenvalue weighted by molar-refractivity contribution is 7.91. The minimum absolute atomic E-state index is 0. The van der Waals surface area contributed by atoms with Gasteiger partial charge in [-0.25, -0.2) is 13.4 Å². The Morgan fingerprint density at radius 1 is 1.03 bits per heavy atom. The molecule has 1 aromatic heterocycles. The molecule has 0 bridgehead atoms. The van der Waals surface area contributed by atoms with Crippen LogP contribution in [0.25, 0.3) is 10.2 Å². The predicted octanol–water partition coefficient (Wildman–Crippen LogP) is 5.87. The van der Waals surface area contributed by atoms with Gasteiger partial charge in [-0.2, -0.15) is 0 Å². The largest absolute Gasteiger partial charge is 0.302 e. The highest BCUT2D eigenvalue weighted by atomic mass is 35.5. The van der Waals surface area contributed by atoms with Crippen LogP contribution in [0.2, 0.25) is 10.0 Å². The van der Waals surface area contributed by atoms with E-state index < -0.39 is 9.84 Å². The zero-order chi connectivity index (χ0) is 24.2. The Labute approximate surface area is 221 Å². The molecule has 0 unspecified atom stereocenters. The summed E-state index contributed by atoms with van der Waals surface area (Å²) in [4.78, 5) is 21.9. The number of nitrogens with zero attached hydrogens (tertiary/aromatic N) is 3. The van der Waals surface area contributed by atoms with Crippen LogP contribution < -0.4 is 4.90 Å². The van der Waals surface area contributed by atoms with Gasteiger partial charge in [0.2, 0.25) is 5.91 Å². The molecule has 2 aromatic carbocycles. The molecule has 0 radical (unpaired) electrons. The van der Waals surface area contributed by atoms with Crippen LogP contribution in [0.1, 0.15) is 25.8 Å². The maximum atomic E-state index is 13.3. The summed E-state index contributed by atoms with van der Waals surface area (Å²) < 4.78 is 26.3. The minimum atomic E-state index is -3.62. The molecule has 3 aromatic rings. The summed E-state index contributed by atoms with van der Waals surface area (Å²) in [5.41, 5.74) is 1.73. The van der Waals surface area contributed by atoms with Crippen LogP contribution in [0.15, 0.2) is 41.3 Å². The third kappa shape index (κ3) is 6.83. The van der Waals surface area contributed by atoms with Gasteiger partial charge in [0.25, 0.3) is 0 Å². The van der Waals surface area contributed by atoms with Gasteiger partial charge in [-0.15, -0.1) is 12.4 Å². The van der Waals surface area contributed by atoms with Crippen molar-refractivity contribution in [3.63, 3.8) is 0 Å². The van der Waals surface area contributed by atoms with Crippen LogP contribution in [0.4, 0.5) is 5.13 Å². The monoisotopic (exact) mass is 563 g/mol. The normalized spacial score (nSPS) is 11.6. The van der Waals surface area contributed by atoms with E-state index in [1.165, 1.54) is 35.6 Å². The lowest BCUT2D eigenvalue weighted by Crippen LogP contribution is -2.39. The Hall–Kier alpha value is -1.42. The van der Waals surface area contributed by atoms with Crippen LogP contribution in [-0.4, -0.2) is 56.1 Å². The van der Waals surface area contributed by atoms with E-state index >= 15 is 0 Å². The van der Waals surface area contributed by atoms with Gasteiger partial charge in [-0.3, -0.25) is 9.69 Å². The summed E-state index contributed by atoms with van der Waals surface area (Å²) in [6.45, 7) is 8.86. The van der Waals surface area contributed by atoms with Crippen molar-refractivity contribution in [3.05, 3.63) is 52.0 Å². The fraction of sp³-hybridized carbons (Fsp3) is 0.391. The minimum Gasteiger partial charge on any atom is -0.302 e.